The van der Waals surface area contributed by atoms with Gasteiger partial charge in [0.1, 0.15) is 0 Å². The summed E-state index contributed by atoms with van der Waals surface area (Å²) in [4.78, 5) is 0. The summed E-state index contributed by atoms with van der Waals surface area (Å²) in [6, 6.07) is 8.81. The summed E-state index contributed by atoms with van der Waals surface area (Å²) in [6.07, 6.45) is 0. The summed E-state index contributed by atoms with van der Waals surface area (Å²) >= 11 is 5.57. The second-order valence-electron chi connectivity index (χ2n) is 1.62. The molecule has 0 spiro atoms. The molecule has 0 aliphatic rings. The van der Waals surface area contributed by atoms with Crippen LogP contribution in [0.5, 0.6) is 0 Å². The number of nitriles is 1. The molecule has 0 heterocycles. The molecule has 1 rings (SSSR count). The lowest BCUT2D eigenvalue weighted by Crippen LogP contribution is -1.69. The van der Waals surface area contributed by atoms with Crippen molar-refractivity contribution in [3.63, 3.8) is 0 Å². The van der Waals surface area contributed by atoms with Crippen LogP contribution >= 0.6 is 24.0 Å². The third-order valence-corrected chi connectivity index (χ3v) is 1.19. The van der Waals surface area contributed by atoms with Gasteiger partial charge in [-0.1, -0.05) is 17.7 Å². The fourth-order valence-corrected chi connectivity index (χ4v) is 0.748. The summed E-state index contributed by atoms with van der Waals surface area (Å²) in [5, 5.41) is 8.96. The molecule has 0 saturated carbocycles. The Labute approximate surface area is 70.6 Å². The summed E-state index contributed by atoms with van der Waals surface area (Å²) in [7, 11) is 0. The van der Waals surface area contributed by atoms with Crippen LogP contribution in [0.25, 0.3) is 0 Å². The van der Waals surface area contributed by atoms with Gasteiger partial charge >= 0.3 is 0 Å². The predicted octanol–water partition coefficient (Wildman–Crippen LogP) is 2.63. The molecule has 1 aromatic rings. The predicted molar refractivity (Wildman–Crippen MR) is 43.4 cm³/mol. The first-order valence-corrected chi connectivity index (χ1v) is 2.86. The molecule has 0 saturated heterocycles. The maximum Gasteiger partial charge on any atom is 0.0992 e. The van der Waals surface area contributed by atoms with Crippen LogP contribution in [0.4, 0.5) is 0 Å². The quantitative estimate of drug-likeness (QED) is 0.592. The minimum Gasteiger partial charge on any atom is -0.192 e. The molecule has 1 nitrogen and oxygen atoms in total. The number of rotatable bonds is 0. The molecule has 10 heavy (non-hydrogen) atoms. The van der Waals surface area contributed by atoms with Crippen LogP contribution in [0.2, 0.25) is 5.02 Å². The van der Waals surface area contributed by atoms with Crippen molar-refractivity contribution in [3.8, 4) is 6.07 Å². The molecule has 0 aliphatic heterocycles. The molecule has 0 amide bonds. The number of benzene rings is 1. The van der Waals surface area contributed by atoms with E-state index in [1.54, 1.807) is 24.3 Å². The lowest BCUT2D eigenvalue weighted by atomic mass is 10.2. The van der Waals surface area contributed by atoms with Crippen LogP contribution in [0.3, 0.4) is 0 Å². The van der Waals surface area contributed by atoms with Crippen molar-refractivity contribution in [2.45, 2.75) is 0 Å². The van der Waals surface area contributed by atoms with Crippen molar-refractivity contribution in [3.05, 3.63) is 34.9 Å². The lowest BCUT2D eigenvalue weighted by molar-refractivity contribution is 1.49. The van der Waals surface area contributed by atoms with E-state index in [0.29, 0.717) is 10.6 Å². The van der Waals surface area contributed by atoms with E-state index in [1.165, 1.54) is 0 Å². The van der Waals surface area contributed by atoms with Crippen LogP contribution in [-0.4, -0.2) is 0 Å². The molecule has 0 unspecified atom stereocenters. The molecular weight excluding hydrogens is 169 g/mol. The Hall–Kier alpha value is -0.710. The second-order valence-corrected chi connectivity index (χ2v) is 2.06. The fraction of sp³-hybridized carbons (Fsp3) is 0. The number of halogens is 2. The number of nitrogens with zero attached hydrogens (tertiary/aromatic N) is 1. The summed E-state index contributed by atoms with van der Waals surface area (Å²) in [5.74, 6) is 0. The number of hydrogen-bond donors (Lipinski definition) is 0. The average molecular weight is 174 g/mol. The maximum atomic E-state index is 8.35. The molecule has 0 N–H and O–H groups in total. The van der Waals surface area contributed by atoms with Crippen molar-refractivity contribution in [2.75, 3.05) is 0 Å². The van der Waals surface area contributed by atoms with Crippen molar-refractivity contribution < 1.29 is 0 Å². The SMILES string of the molecule is Cl.N#Cc1cccc(Cl)c1. The Balaban J connectivity index is 0.000000810. The molecular formula is C7H5Cl2N. The minimum atomic E-state index is 0. The first kappa shape index (κ1) is 9.29. The molecule has 0 atom stereocenters. The Kier molecular flexibility index (Phi) is 3.87. The van der Waals surface area contributed by atoms with Gasteiger partial charge in [0.2, 0.25) is 0 Å². The molecule has 3 heteroatoms. The molecule has 0 fully saturated rings. The Morgan fingerprint density at radius 1 is 1.40 bits per heavy atom. The van der Waals surface area contributed by atoms with E-state index >= 15 is 0 Å². The highest BCUT2D eigenvalue weighted by Gasteiger charge is 1.87. The van der Waals surface area contributed by atoms with Gasteiger partial charge < -0.3 is 0 Å². The first-order valence-electron chi connectivity index (χ1n) is 2.48. The summed E-state index contributed by atoms with van der Waals surface area (Å²) in [5.41, 5.74) is 0.600. The van der Waals surface area contributed by atoms with E-state index in [9.17, 15) is 0 Å². The van der Waals surface area contributed by atoms with Crippen molar-refractivity contribution >= 4 is 24.0 Å². The zero-order chi connectivity index (χ0) is 6.69. The molecule has 0 radical (unpaired) electrons. The van der Waals surface area contributed by atoms with Crippen LogP contribution in [-0.2, 0) is 0 Å². The summed E-state index contributed by atoms with van der Waals surface area (Å²) in [6.45, 7) is 0. The normalized spacial score (nSPS) is 7.60. The maximum absolute atomic E-state index is 8.35. The van der Waals surface area contributed by atoms with Gasteiger partial charge in [0.25, 0.3) is 0 Å². The van der Waals surface area contributed by atoms with Crippen LogP contribution in [0.15, 0.2) is 24.3 Å². The van der Waals surface area contributed by atoms with Gasteiger partial charge in [-0.3, -0.25) is 0 Å². The minimum absolute atomic E-state index is 0. The zero-order valence-electron chi connectivity index (χ0n) is 5.04. The molecule has 52 valence electrons. The van der Waals surface area contributed by atoms with E-state index in [2.05, 4.69) is 0 Å². The van der Waals surface area contributed by atoms with Crippen molar-refractivity contribution in [1.82, 2.24) is 0 Å². The monoisotopic (exact) mass is 173 g/mol. The fourth-order valence-electron chi connectivity index (χ4n) is 0.558. The topological polar surface area (TPSA) is 23.8 Å². The Bertz CT molecular complexity index is 252. The van der Waals surface area contributed by atoms with Gasteiger partial charge in [-0.2, -0.15) is 5.26 Å². The van der Waals surface area contributed by atoms with Crippen LogP contribution < -0.4 is 0 Å². The van der Waals surface area contributed by atoms with E-state index in [0.717, 1.165) is 0 Å². The van der Waals surface area contributed by atoms with E-state index in [-0.39, 0.29) is 12.4 Å². The van der Waals surface area contributed by atoms with Crippen LogP contribution in [0, 0.1) is 11.3 Å². The first-order chi connectivity index (χ1) is 4.33. The van der Waals surface area contributed by atoms with Gasteiger partial charge in [0.15, 0.2) is 0 Å². The van der Waals surface area contributed by atoms with E-state index < -0.39 is 0 Å². The van der Waals surface area contributed by atoms with Crippen molar-refractivity contribution in [1.29, 1.82) is 5.26 Å². The standard InChI is InChI=1S/C7H4ClN.ClH/c8-7-3-1-2-6(4-7)5-9;/h1-4H;1H. The molecule has 0 aromatic heterocycles. The van der Waals surface area contributed by atoms with Gasteiger partial charge in [-0.25, -0.2) is 0 Å². The molecule has 0 aliphatic carbocycles. The second kappa shape index (κ2) is 4.16. The lowest BCUT2D eigenvalue weighted by Gasteiger charge is -1.86. The Morgan fingerprint density at radius 2 is 2.10 bits per heavy atom. The van der Waals surface area contributed by atoms with Crippen molar-refractivity contribution in [2.24, 2.45) is 0 Å². The Morgan fingerprint density at radius 3 is 2.50 bits per heavy atom. The highest BCUT2D eigenvalue weighted by atomic mass is 35.5. The van der Waals surface area contributed by atoms with Crippen LogP contribution in [0.1, 0.15) is 5.56 Å². The summed E-state index contributed by atoms with van der Waals surface area (Å²) < 4.78 is 0. The number of hydrogen-bond acceptors (Lipinski definition) is 1. The van der Waals surface area contributed by atoms with E-state index in [1.807, 2.05) is 6.07 Å². The third-order valence-electron chi connectivity index (χ3n) is 0.954. The van der Waals surface area contributed by atoms with E-state index in [4.69, 9.17) is 16.9 Å². The average Bonchev–Trinajstić information content (AvgIpc) is 1.88. The van der Waals surface area contributed by atoms with Gasteiger partial charge in [-0.05, 0) is 18.2 Å². The smallest absolute Gasteiger partial charge is 0.0992 e. The highest BCUT2D eigenvalue weighted by Crippen LogP contribution is 2.08. The highest BCUT2D eigenvalue weighted by molar-refractivity contribution is 6.30. The largest absolute Gasteiger partial charge is 0.192 e. The third kappa shape index (κ3) is 2.26. The van der Waals surface area contributed by atoms with Gasteiger partial charge in [0.05, 0.1) is 11.6 Å². The molecule has 1 aromatic carbocycles. The molecule has 0 bridgehead atoms. The van der Waals surface area contributed by atoms with Gasteiger partial charge in [0, 0.05) is 5.02 Å². The zero-order valence-corrected chi connectivity index (χ0v) is 6.62. The van der Waals surface area contributed by atoms with Gasteiger partial charge in [-0.15, -0.1) is 12.4 Å².